The highest BCUT2D eigenvalue weighted by atomic mass is 16.3. The zero-order valence-corrected chi connectivity index (χ0v) is 12.5. The van der Waals surface area contributed by atoms with Crippen molar-refractivity contribution in [3.8, 4) is 0 Å². The van der Waals surface area contributed by atoms with Gasteiger partial charge in [0.05, 0.1) is 0 Å². The summed E-state index contributed by atoms with van der Waals surface area (Å²) in [6, 6.07) is 14.7. The van der Waals surface area contributed by atoms with Crippen LogP contribution >= 0.6 is 0 Å². The predicted molar refractivity (Wildman–Crippen MR) is 87.7 cm³/mol. The van der Waals surface area contributed by atoms with Crippen molar-refractivity contribution in [1.29, 1.82) is 0 Å². The number of fused-ring (bicyclic) bond motifs is 2. The number of aryl methyl sites for hydroxylation is 1. The molecule has 1 amide bonds. The lowest BCUT2D eigenvalue weighted by molar-refractivity contribution is -0.116. The van der Waals surface area contributed by atoms with E-state index in [9.17, 15) is 9.59 Å². The first-order valence-corrected chi connectivity index (χ1v) is 7.67. The second-order valence-electron chi connectivity index (χ2n) is 5.75. The number of carbonyl (C=O) groups excluding carboxylic acids is 2. The fourth-order valence-corrected chi connectivity index (χ4v) is 2.95. The van der Waals surface area contributed by atoms with Crippen LogP contribution in [0.25, 0.3) is 11.0 Å². The molecule has 114 valence electrons. The van der Waals surface area contributed by atoms with Gasteiger partial charge in [-0.25, -0.2) is 0 Å². The van der Waals surface area contributed by atoms with Gasteiger partial charge in [-0.05, 0) is 48.7 Å². The van der Waals surface area contributed by atoms with Gasteiger partial charge in [0.2, 0.25) is 11.7 Å². The Kier molecular flexibility index (Phi) is 3.23. The van der Waals surface area contributed by atoms with Crippen LogP contribution in [-0.2, 0) is 11.2 Å². The van der Waals surface area contributed by atoms with Crippen LogP contribution in [0.15, 0.2) is 52.9 Å². The standard InChI is InChI=1S/C19H15NO3/c21-18-7-3-5-12-10-14(8-9-15(12)20-18)19(22)17-11-13-4-1-2-6-16(13)23-17/h1-2,4,6,8-11H,3,5,7H2,(H,20,21). The molecule has 0 radical (unpaired) electrons. The second-order valence-corrected chi connectivity index (χ2v) is 5.75. The first kappa shape index (κ1) is 13.8. The lowest BCUT2D eigenvalue weighted by Gasteiger charge is -2.08. The van der Waals surface area contributed by atoms with Crippen LogP contribution in [0.3, 0.4) is 0 Å². The number of amides is 1. The van der Waals surface area contributed by atoms with Gasteiger partial charge in [-0.3, -0.25) is 9.59 Å². The number of nitrogens with one attached hydrogen (secondary N) is 1. The van der Waals surface area contributed by atoms with Crippen molar-refractivity contribution < 1.29 is 14.0 Å². The minimum atomic E-state index is -0.139. The van der Waals surface area contributed by atoms with Crippen molar-refractivity contribution in [2.24, 2.45) is 0 Å². The molecule has 1 N–H and O–H groups in total. The van der Waals surface area contributed by atoms with Crippen LogP contribution in [0.4, 0.5) is 5.69 Å². The summed E-state index contributed by atoms with van der Waals surface area (Å²) in [5, 5.41) is 3.79. The van der Waals surface area contributed by atoms with Gasteiger partial charge in [0.15, 0.2) is 5.76 Å². The highest BCUT2D eigenvalue weighted by molar-refractivity contribution is 6.09. The molecule has 0 atom stereocenters. The van der Waals surface area contributed by atoms with E-state index in [1.165, 1.54) is 0 Å². The summed E-state index contributed by atoms with van der Waals surface area (Å²) in [5.74, 6) is 0.225. The number of furan rings is 1. The second kappa shape index (κ2) is 5.39. The van der Waals surface area contributed by atoms with E-state index in [4.69, 9.17) is 4.42 Å². The van der Waals surface area contributed by atoms with Gasteiger partial charge >= 0.3 is 0 Å². The highest BCUT2D eigenvalue weighted by Gasteiger charge is 2.18. The van der Waals surface area contributed by atoms with Gasteiger partial charge < -0.3 is 9.73 Å². The zero-order valence-electron chi connectivity index (χ0n) is 12.5. The Bertz CT molecular complexity index is 890. The normalized spacial score (nSPS) is 14.2. The van der Waals surface area contributed by atoms with Crippen LogP contribution < -0.4 is 5.32 Å². The first-order valence-electron chi connectivity index (χ1n) is 7.67. The largest absolute Gasteiger partial charge is 0.453 e. The van der Waals surface area contributed by atoms with Gasteiger partial charge in [-0.1, -0.05) is 18.2 Å². The van der Waals surface area contributed by atoms with E-state index in [0.29, 0.717) is 23.3 Å². The maximum atomic E-state index is 12.7. The van der Waals surface area contributed by atoms with Gasteiger partial charge in [0.1, 0.15) is 5.58 Å². The molecule has 23 heavy (non-hydrogen) atoms. The van der Waals surface area contributed by atoms with Crippen molar-refractivity contribution in [2.75, 3.05) is 5.32 Å². The lowest BCUT2D eigenvalue weighted by Crippen LogP contribution is -2.09. The van der Waals surface area contributed by atoms with Crippen LogP contribution in [-0.4, -0.2) is 11.7 Å². The monoisotopic (exact) mass is 305 g/mol. The molecule has 0 saturated carbocycles. The van der Waals surface area contributed by atoms with Crippen LogP contribution in [0.1, 0.15) is 34.5 Å². The molecular formula is C19H15NO3. The average molecular weight is 305 g/mol. The summed E-state index contributed by atoms with van der Waals surface area (Å²) in [4.78, 5) is 24.3. The Hall–Kier alpha value is -2.88. The number of hydrogen-bond acceptors (Lipinski definition) is 3. The fourth-order valence-electron chi connectivity index (χ4n) is 2.95. The molecule has 2 heterocycles. The smallest absolute Gasteiger partial charge is 0.228 e. The van der Waals surface area contributed by atoms with Crippen molar-refractivity contribution in [3.05, 3.63) is 65.4 Å². The van der Waals surface area contributed by atoms with Crippen molar-refractivity contribution in [3.63, 3.8) is 0 Å². The molecule has 4 rings (SSSR count). The molecule has 4 heteroatoms. The third-order valence-corrected chi connectivity index (χ3v) is 4.14. The molecule has 1 aliphatic heterocycles. The number of para-hydroxylation sites is 1. The molecule has 0 aliphatic carbocycles. The van der Waals surface area contributed by atoms with Gasteiger partial charge in [-0.15, -0.1) is 0 Å². The quantitative estimate of drug-likeness (QED) is 0.730. The van der Waals surface area contributed by atoms with E-state index >= 15 is 0 Å². The third kappa shape index (κ3) is 2.52. The van der Waals surface area contributed by atoms with E-state index in [1.807, 2.05) is 30.3 Å². The fraction of sp³-hybridized carbons (Fsp3) is 0.158. The number of carbonyl (C=O) groups is 2. The Labute approximate surface area is 133 Å². The summed E-state index contributed by atoms with van der Waals surface area (Å²) in [6.45, 7) is 0. The van der Waals surface area contributed by atoms with Gasteiger partial charge in [0.25, 0.3) is 0 Å². The summed E-state index contributed by atoms with van der Waals surface area (Å²) in [5.41, 5.74) is 3.09. The minimum absolute atomic E-state index is 0.0279. The van der Waals surface area contributed by atoms with E-state index in [-0.39, 0.29) is 11.7 Å². The topological polar surface area (TPSA) is 59.3 Å². The molecule has 3 aromatic rings. The van der Waals surface area contributed by atoms with Crippen molar-refractivity contribution in [1.82, 2.24) is 0 Å². The Morgan fingerprint density at radius 3 is 2.78 bits per heavy atom. The summed E-state index contributed by atoms with van der Waals surface area (Å²) >= 11 is 0. The van der Waals surface area contributed by atoms with Crippen LogP contribution in [0, 0.1) is 0 Å². The summed E-state index contributed by atoms with van der Waals surface area (Å²) < 4.78 is 5.65. The molecular weight excluding hydrogens is 290 g/mol. The minimum Gasteiger partial charge on any atom is -0.453 e. The molecule has 0 spiro atoms. The molecule has 2 aromatic carbocycles. The molecule has 4 nitrogen and oxygen atoms in total. The number of anilines is 1. The van der Waals surface area contributed by atoms with E-state index in [1.54, 1.807) is 18.2 Å². The van der Waals surface area contributed by atoms with E-state index in [0.717, 1.165) is 29.5 Å². The molecule has 0 bridgehead atoms. The van der Waals surface area contributed by atoms with Gasteiger partial charge in [-0.2, -0.15) is 0 Å². The van der Waals surface area contributed by atoms with Crippen LogP contribution in [0.2, 0.25) is 0 Å². The highest BCUT2D eigenvalue weighted by Crippen LogP contribution is 2.26. The average Bonchev–Trinajstić information content (AvgIpc) is 2.90. The Morgan fingerprint density at radius 2 is 1.91 bits per heavy atom. The predicted octanol–water partition coefficient (Wildman–Crippen LogP) is 3.94. The van der Waals surface area contributed by atoms with E-state index < -0.39 is 0 Å². The summed E-state index contributed by atoms with van der Waals surface area (Å²) in [7, 11) is 0. The van der Waals surface area contributed by atoms with Crippen molar-refractivity contribution in [2.45, 2.75) is 19.3 Å². The molecule has 1 aromatic heterocycles. The Morgan fingerprint density at radius 1 is 1.04 bits per heavy atom. The number of benzene rings is 2. The first-order chi connectivity index (χ1) is 11.2. The van der Waals surface area contributed by atoms with Gasteiger partial charge in [0, 0.05) is 23.1 Å². The number of hydrogen-bond donors (Lipinski definition) is 1. The SMILES string of the molecule is O=C1CCCc2cc(C(=O)c3cc4ccccc4o3)ccc2N1. The zero-order chi connectivity index (χ0) is 15.8. The number of rotatable bonds is 2. The third-order valence-electron chi connectivity index (χ3n) is 4.14. The molecule has 0 fully saturated rings. The number of ketones is 1. The Balaban J connectivity index is 1.71. The maximum Gasteiger partial charge on any atom is 0.228 e. The molecule has 0 unspecified atom stereocenters. The molecule has 0 saturated heterocycles. The van der Waals surface area contributed by atoms with E-state index in [2.05, 4.69) is 5.32 Å². The maximum absolute atomic E-state index is 12.7. The van der Waals surface area contributed by atoms with Crippen LogP contribution in [0.5, 0.6) is 0 Å². The summed E-state index contributed by atoms with van der Waals surface area (Å²) in [6.07, 6.45) is 2.10. The molecule has 1 aliphatic rings. The van der Waals surface area contributed by atoms with Crippen molar-refractivity contribution >= 4 is 28.3 Å². The lowest BCUT2D eigenvalue weighted by atomic mass is 10.0.